The fourth-order valence-corrected chi connectivity index (χ4v) is 4.35. The van der Waals surface area contributed by atoms with E-state index in [9.17, 15) is 14.7 Å². The maximum absolute atomic E-state index is 13.2. The summed E-state index contributed by atoms with van der Waals surface area (Å²) < 4.78 is 5.70. The van der Waals surface area contributed by atoms with Crippen LogP contribution in [0.3, 0.4) is 0 Å². The Labute approximate surface area is 202 Å². The maximum Gasteiger partial charge on any atom is 0.295 e. The van der Waals surface area contributed by atoms with E-state index in [1.807, 2.05) is 51.1 Å². The van der Waals surface area contributed by atoms with Crippen LogP contribution in [0.15, 0.2) is 48.0 Å². The average Bonchev–Trinajstić information content (AvgIpc) is 3.08. The third kappa shape index (κ3) is 5.33. The van der Waals surface area contributed by atoms with Gasteiger partial charge in [0, 0.05) is 18.7 Å². The van der Waals surface area contributed by atoms with Gasteiger partial charge in [-0.2, -0.15) is 0 Å². The van der Waals surface area contributed by atoms with Gasteiger partial charge in [0.25, 0.3) is 11.7 Å². The highest BCUT2D eigenvalue weighted by molar-refractivity contribution is 6.46. The van der Waals surface area contributed by atoms with Crippen LogP contribution in [0.1, 0.15) is 55.5 Å². The minimum Gasteiger partial charge on any atom is -0.507 e. The van der Waals surface area contributed by atoms with Crippen molar-refractivity contribution in [3.63, 3.8) is 0 Å². The highest BCUT2D eigenvalue weighted by Gasteiger charge is 2.46. The molecule has 0 aromatic heterocycles. The van der Waals surface area contributed by atoms with E-state index in [1.54, 1.807) is 17.0 Å². The Kier molecular flexibility index (Phi) is 8.51. The largest absolute Gasteiger partial charge is 0.507 e. The molecule has 3 rings (SSSR count). The summed E-state index contributed by atoms with van der Waals surface area (Å²) in [4.78, 5) is 30.2. The van der Waals surface area contributed by atoms with Crippen molar-refractivity contribution in [2.45, 2.75) is 47.1 Å². The summed E-state index contributed by atoms with van der Waals surface area (Å²) in [6, 6.07) is 12.5. The quantitative estimate of drug-likeness (QED) is 0.309. The van der Waals surface area contributed by atoms with E-state index in [1.165, 1.54) is 0 Å². The number of nitrogens with zero attached hydrogens (tertiary/aromatic N) is 2. The lowest BCUT2D eigenvalue weighted by atomic mass is 9.93. The van der Waals surface area contributed by atoms with Crippen LogP contribution in [0.4, 0.5) is 0 Å². The Morgan fingerprint density at radius 2 is 1.71 bits per heavy atom. The number of hydrogen-bond acceptors (Lipinski definition) is 5. The molecule has 34 heavy (non-hydrogen) atoms. The van der Waals surface area contributed by atoms with Gasteiger partial charge in [-0.25, -0.2) is 0 Å². The zero-order valence-electron chi connectivity index (χ0n) is 20.9. The molecule has 1 heterocycles. The number of Topliss-reactive ketones (excluding diaryl/α,β-unsaturated/α-hetero) is 1. The first-order valence-electron chi connectivity index (χ1n) is 12.1. The van der Waals surface area contributed by atoms with Gasteiger partial charge in [-0.1, -0.05) is 50.6 Å². The number of aliphatic hydroxyl groups is 1. The lowest BCUT2D eigenvalue weighted by Gasteiger charge is -2.28. The van der Waals surface area contributed by atoms with Gasteiger partial charge < -0.3 is 19.6 Å². The van der Waals surface area contributed by atoms with Crippen molar-refractivity contribution in [2.75, 3.05) is 32.8 Å². The highest BCUT2D eigenvalue weighted by atomic mass is 16.5. The maximum atomic E-state index is 13.2. The monoisotopic (exact) mass is 464 g/mol. The van der Waals surface area contributed by atoms with Crippen LogP contribution in [-0.2, 0) is 9.59 Å². The van der Waals surface area contributed by atoms with E-state index in [0.29, 0.717) is 31.0 Å². The minimum absolute atomic E-state index is 0.138. The summed E-state index contributed by atoms with van der Waals surface area (Å²) >= 11 is 0. The SMILES string of the molecule is CCCOc1ccc(/C(O)=C2/C(=O)C(=O)N(CCN(CC)CC)C2c2ccc(C)cc2)c(C)c1. The van der Waals surface area contributed by atoms with Crippen molar-refractivity contribution < 1.29 is 19.4 Å². The number of hydrogen-bond donors (Lipinski definition) is 1. The molecule has 1 aliphatic rings. The second-order valence-electron chi connectivity index (χ2n) is 8.76. The molecule has 1 amide bonds. The number of carbonyl (C=O) groups is 2. The molecule has 2 aromatic carbocycles. The van der Waals surface area contributed by atoms with Crippen LogP contribution in [0.5, 0.6) is 5.75 Å². The number of likely N-dealkylation sites (N-methyl/N-ethyl adjacent to an activating group) is 1. The summed E-state index contributed by atoms with van der Waals surface area (Å²) in [5, 5.41) is 11.4. The molecule has 0 aliphatic carbocycles. The van der Waals surface area contributed by atoms with E-state index < -0.39 is 17.7 Å². The fourth-order valence-electron chi connectivity index (χ4n) is 4.35. The van der Waals surface area contributed by atoms with Gasteiger partial charge in [0.2, 0.25) is 0 Å². The van der Waals surface area contributed by atoms with E-state index in [2.05, 4.69) is 18.7 Å². The lowest BCUT2D eigenvalue weighted by molar-refractivity contribution is -0.140. The summed E-state index contributed by atoms with van der Waals surface area (Å²) in [5.41, 5.74) is 3.35. The number of benzene rings is 2. The molecule has 6 heteroatoms. The van der Waals surface area contributed by atoms with Gasteiger partial charge in [0.15, 0.2) is 0 Å². The summed E-state index contributed by atoms with van der Waals surface area (Å²) in [6.07, 6.45) is 0.897. The Morgan fingerprint density at radius 1 is 1.03 bits per heavy atom. The predicted molar refractivity (Wildman–Crippen MR) is 135 cm³/mol. The lowest BCUT2D eigenvalue weighted by Crippen LogP contribution is -2.38. The van der Waals surface area contributed by atoms with Crippen molar-refractivity contribution in [3.8, 4) is 5.75 Å². The Hall–Kier alpha value is -3.12. The van der Waals surface area contributed by atoms with E-state index in [-0.39, 0.29) is 11.3 Å². The van der Waals surface area contributed by atoms with Crippen LogP contribution in [0.2, 0.25) is 0 Å². The van der Waals surface area contributed by atoms with E-state index >= 15 is 0 Å². The Morgan fingerprint density at radius 3 is 2.29 bits per heavy atom. The van der Waals surface area contributed by atoms with Crippen molar-refractivity contribution in [1.29, 1.82) is 0 Å². The average molecular weight is 465 g/mol. The first kappa shape index (κ1) is 25.5. The summed E-state index contributed by atoms with van der Waals surface area (Å²) in [6.45, 7) is 13.4. The number of ether oxygens (including phenoxy) is 1. The Bertz CT molecular complexity index is 1050. The van der Waals surface area contributed by atoms with Gasteiger partial charge >= 0.3 is 0 Å². The molecule has 1 atom stereocenters. The van der Waals surface area contributed by atoms with Crippen molar-refractivity contribution in [3.05, 3.63) is 70.3 Å². The van der Waals surface area contributed by atoms with E-state index in [4.69, 9.17) is 4.74 Å². The molecule has 1 unspecified atom stereocenters. The molecule has 1 aliphatic heterocycles. The molecule has 1 N–H and O–H groups in total. The molecule has 0 saturated carbocycles. The van der Waals surface area contributed by atoms with Gasteiger partial charge in [0.1, 0.15) is 11.5 Å². The zero-order valence-corrected chi connectivity index (χ0v) is 20.9. The number of ketones is 1. The molecule has 1 saturated heterocycles. The smallest absolute Gasteiger partial charge is 0.295 e. The van der Waals surface area contributed by atoms with Crippen LogP contribution in [0.25, 0.3) is 5.76 Å². The third-order valence-corrected chi connectivity index (χ3v) is 6.41. The summed E-state index contributed by atoms with van der Waals surface area (Å²) in [5.74, 6) is -0.646. The molecule has 0 spiro atoms. The number of aryl methyl sites for hydroxylation is 2. The molecule has 6 nitrogen and oxygen atoms in total. The zero-order chi connectivity index (χ0) is 24.8. The molecule has 2 aromatic rings. The van der Waals surface area contributed by atoms with Crippen LogP contribution < -0.4 is 4.74 Å². The molecule has 0 radical (unpaired) electrons. The van der Waals surface area contributed by atoms with Crippen molar-refractivity contribution >= 4 is 17.4 Å². The van der Waals surface area contributed by atoms with Crippen molar-refractivity contribution in [1.82, 2.24) is 9.80 Å². The van der Waals surface area contributed by atoms with Crippen LogP contribution >= 0.6 is 0 Å². The normalized spacial score (nSPS) is 17.6. The second-order valence-corrected chi connectivity index (χ2v) is 8.76. The first-order valence-corrected chi connectivity index (χ1v) is 12.1. The van der Waals surface area contributed by atoms with Gasteiger partial charge in [-0.15, -0.1) is 0 Å². The topological polar surface area (TPSA) is 70.1 Å². The minimum atomic E-state index is -0.645. The number of carbonyl (C=O) groups excluding carboxylic acids is 2. The fraction of sp³-hybridized carbons (Fsp3) is 0.429. The van der Waals surface area contributed by atoms with E-state index in [0.717, 1.165) is 36.2 Å². The molecule has 1 fully saturated rings. The number of aliphatic hydroxyl groups excluding tert-OH is 1. The molecular weight excluding hydrogens is 428 g/mol. The second kappa shape index (κ2) is 11.3. The van der Waals surface area contributed by atoms with Gasteiger partial charge in [0.05, 0.1) is 18.2 Å². The first-order chi connectivity index (χ1) is 16.3. The Balaban J connectivity index is 2.07. The van der Waals surface area contributed by atoms with Crippen LogP contribution in [-0.4, -0.2) is 59.4 Å². The van der Waals surface area contributed by atoms with Gasteiger partial charge in [-0.05, 0) is 62.7 Å². The molecule has 0 bridgehead atoms. The summed E-state index contributed by atoms with van der Waals surface area (Å²) in [7, 11) is 0. The molecular formula is C28H36N2O4. The van der Waals surface area contributed by atoms with Crippen molar-refractivity contribution in [2.24, 2.45) is 0 Å². The highest BCUT2D eigenvalue weighted by Crippen LogP contribution is 2.40. The van der Waals surface area contributed by atoms with Gasteiger partial charge in [-0.3, -0.25) is 9.59 Å². The molecule has 182 valence electrons. The van der Waals surface area contributed by atoms with Crippen LogP contribution in [0, 0.1) is 13.8 Å². The number of amides is 1. The standard InChI is InChI=1S/C28H36N2O4/c1-6-17-34-22-13-14-23(20(5)18-22)26(31)24-25(21-11-9-19(4)10-12-21)30(28(33)27(24)32)16-15-29(7-2)8-3/h9-14,18,25,31H,6-8,15-17H2,1-5H3/b26-24-. The third-order valence-electron chi connectivity index (χ3n) is 6.41. The number of rotatable bonds is 10. The number of likely N-dealkylation sites (tertiary alicyclic amines) is 1. The predicted octanol–water partition coefficient (Wildman–Crippen LogP) is 4.86.